The molecule has 2 rings (SSSR count). The number of nitrogens with zero attached hydrogens (tertiary/aromatic N) is 2. The molecule has 1 atom stereocenters. The maximum absolute atomic E-state index is 10.7. The summed E-state index contributed by atoms with van der Waals surface area (Å²) < 4.78 is 1.42. The van der Waals surface area contributed by atoms with Gasteiger partial charge in [-0.05, 0) is 19.8 Å². The van der Waals surface area contributed by atoms with Crippen LogP contribution >= 0.6 is 11.6 Å². The van der Waals surface area contributed by atoms with E-state index in [9.17, 15) is 4.79 Å². The average molecular weight is 215 g/mol. The predicted octanol–water partition coefficient (Wildman–Crippen LogP) is 2.06. The minimum Gasteiger partial charge on any atom is -0.480 e. The molecular formula is C9H11ClN2O2. The number of carbonyl (C=O) groups is 1. The molecule has 0 aromatic carbocycles. The molecule has 1 aromatic heterocycles. The summed E-state index contributed by atoms with van der Waals surface area (Å²) >= 11 is 5.95. The third-order valence-corrected chi connectivity index (χ3v) is 2.72. The molecule has 5 heteroatoms. The van der Waals surface area contributed by atoms with E-state index in [0.29, 0.717) is 10.9 Å². The zero-order valence-corrected chi connectivity index (χ0v) is 8.53. The molecule has 1 N–H and O–H groups in total. The fourth-order valence-corrected chi connectivity index (χ4v) is 1.62. The molecule has 0 bridgehead atoms. The van der Waals surface area contributed by atoms with Crippen molar-refractivity contribution in [2.75, 3.05) is 0 Å². The topological polar surface area (TPSA) is 55.1 Å². The molecule has 1 unspecified atom stereocenters. The number of halogens is 1. The van der Waals surface area contributed by atoms with E-state index in [4.69, 9.17) is 16.7 Å². The smallest absolute Gasteiger partial charge is 0.328 e. The van der Waals surface area contributed by atoms with Gasteiger partial charge in [0.15, 0.2) is 0 Å². The van der Waals surface area contributed by atoms with Crippen LogP contribution in [0.25, 0.3) is 0 Å². The van der Waals surface area contributed by atoms with Crippen molar-refractivity contribution in [2.45, 2.75) is 31.7 Å². The van der Waals surface area contributed by atoms with Crippen LogP contribution in [-0.4, -0.2) is 20.9 Å². The van der Waals surface area contributed by atoms with Crippen molar-refractivity contribution >= 4 is 17.6 Å². The molecule has 76 valence electrons. The molecule has 1 aliphatic rings. The molecule has 1 aliphatic carbocycles. The van der Waals surface area contributed by atoms with Gasteiger partial charge in [-0.25, -0.2) is 4.79 Å². The van der Waals surface area contributed by atoms with E-state index in [-0.39, 0.29) is 0 Å². The summed E-state index contributed by atoms with van der Waals surface area (Å²) in [5.74, 6) is -0.448. The lowest BCUT2D eigenvalue weighted by Crippen LogP contribution is -2.16. The Morgan fingerprint density at radius 2 is 2.43 bits per heavy atom. The summed E-state index contributed by atoms with van der Waals surface area (Å²) in [6, 6.07) is -0.653. The number of rotatable bonds is 3. The Kier molecular flexibility index (Phi) is 2.23. The van der Waals surface area contributed by atoms with Gasteiger partial charge in [0.25, 0.3) is 0 Å². The van der Waals surface area contributed by atoms with Crippen LogP contribution in [0.1, 0.15) is 37.4 Å². The zero-order valence-electron chi connectivity index (χ0n) is 7.77. The number of hydrogen-bond acceptors (Lipinski definition) is 2. The lowest BCUT2D eigenvalue weighted by molar-refractivity contribution is -0.140. The van der Waals surface area contributed by atoms with Crippen LogP contribution in [0, 0.1) is 0 Å². The van der Waals surface area contributed by atoms with Crippen LogP contribution in [0.5, 0.6) is 0 Å². The van der Waals surface area contributed by atoms with Crippen LogP contribution in [0.15, 0.2) is 6.20 Å². The molecule has 0 radical (unpaired) electrons. The van der Waals surface area contributed by atoms with E-state index in [0.717, 1.165) is 18.5 Å². The first kappa shape index (κ1) is 9.52. The largest absolute Gasteiger partial charge is 0.480 e. The van der Waals surface area contributed by atoms with Crippen molar-refractivity contribution in [3.8, 4) is 0 Å². The normalized spacial score (nSPS) is 18.1. The van der Waals surface area contributed by atoms with Crippen molar-refractivity contribution in [2.24, 2.45) is 0 Å². The number of aliphatic carboxylic acids is 1. The van der Waals surface area contributed by atoms with E-state index in [1.165, 1.54) is 4.68 Å². The summed E-state index contributed by atoms with van der Waals surface area (Å²) in [7, 11) is 0. The molecule has 1 aromatic rings. The van der Waals surface area contributed by atoms with Crippen LogP contribution in [0.3, 0.4) is 0 Å². The molecule has 4 nitrogen and oxygen atoms in total. The monoisotopic (exact) mass is 214 g/mol. The number of carboxylic acid groups (broad SMARTS) is 1. The van der Waals surface area contributed by atoms with E-state index in [1.807, 2.05) is 0 Å². The third kappa shape index (κ3) is 1.62. The fourth-order valence-electron chi connectivity index (χ4n) is 1.33. The Morgan fingerprint density at radius 1 is 1.79 bits per heavy atom. The second-order valence-corrected chi connectivity index (χ2v) is 4.04. The lowest BCUT2D eigenvalue weighted by atomic mass is 10.3. The molecule has 0 amide bonds. The van der Waals surface area contributed by atoms with Gasteiger partial charge < -0.3 is 5.11 Å². The molecule has 0 saturated heterocycles. The standard InChI is InChI=1S/C9H11ClN2O2/c1-5(9(13)14)12-4-7(10)8(11-12)6-2-3-6/h4-6H,2-3H2,1H3,(H,13,14). The van der Waals surface area contributed by atoms with Gasteiger partial charge in [-0.15, -0.1) is 0 Å². The number of hydrogen-bond donors (Lipinski definition) is 1. The highest BCUT2D eigenvalue weighted by atomic mass is 35.5. The van der Waals surface area contributed by atoms with E-state index < -0.39 is 12.0 Å². The maximum atomic E-state index is 10.7. The van der Waals surface area contributed by atoms with Crippen molar-refractivity contribution < 1.29 is 9.90 Å². The Labute approximate surface area is 86.5 Å². The Morgan fingerprint density at radius 3 is 2.93 bits per heavy atom. The van der Waals surface area contributed by atoms with Gasteiger partial charge in [-0.2, -0.15) is 5.10 Å². The highest BCUT2D eigenvalue weighted by Gasteiger charge is 2.29. The second-order valence-electron chi connectivity index (χ2n) is 3.63. The number of aromatic nitrogens is 2. The Balaban J connectivity index is 2.27. The minimum atomic E-state index is -0.897. The number of carboxylic acids is 1. The van der Waals surface area contributed by atoms with E-state index in [2.05, 4.69) is 5.10 Å². The van der Waals surface area contributed by atoms with Gasteiger partial charge in [0, 0.05) is 12.1 Å². The first-order valence-electron chi connectivity index (χ1n) is 4.57. The molecule has 1 heterocycles. The van der Waals surface area contributed by atoms with Crippen molar-refractivity contribution in [1.29, 1.82) is 0 Å². The Hall–Kier alpha value is -1.03. The lowest BCUT2D eigenvalue weighted by Gasteiger charge is -2.04. The minimum absolute atomic E-state index is 0.449. The van der Waals surface area contributed by atoms with E-state index in [1.54, 1.807) is 13.1 Å². The first-order chi connectivity index (χ1) is 6.59. The van der Waals surface area contributed by atoms with Crippen LogP contribution < -0.4 is 0 Å². The van der Waals surface area contributed by atoms with Crippen molar-refractivity contribution in [3.05, 3.63) is 16.9 Å². The van der Waals surface area contributed by atoms with Crippen LogP contribution in [0.2, 0.25) is 5.02 Å². The van der Waals surface area contributed by atoms with Crippen LogP contribution in [-0.2, 0) is 4.79 Å². The SMILES string of the molecule is CC(C(=O)O)n1cc(Cl)c(C2CC2)n1. The van der Waals surface area contributed by atoms with Gasteiger partial charge in [-0.3, -0.25) is 4.68 Å². The van der Waals surface area contributed by atoms with Crippen LogP contribution in [0.4, 0.5) is 0 Å². The van der Waals surface area contributed by atoms with Gasteiger partial charge >= 0.3 is 5.97 Å². The average Bonchev–Trinajstić information content (AvgIpc) is 2.89. The molecule has 1 fully saturated rings. The highest BCUT2D eigenvalue weighted by molar-refractivity contribution is 6.31. The zero-order chi connectivity index (χ0) is 10.3. The predicted molar refractivity (Wildman–Crippen MR) is 51.6 cm³/mol. The molecule has 0 spiro atoms. The second kappa shape index (κ2) is 3.28. The van der Waals surface area contributed by atoms with Gasteiger partial charge in [0.1, 0.15) is 6.04 Å². The van der Waals surface area contributed by atoms with Gasteiger partial charge in [0.2, 0.25) is 0 Å². The summed E-state index contributed by atoms with van der Waals surface area (Å²) in [6.07, 6.45) is 3.81. The summed E-state index contributed by atoms with van der Waals surface area (Å²) in [5.41, 5.74) is 0.847. The highest BCUT2D eigenvalue weighted by Crippen LogP contribution is 2.42. The summed E-state index contributed by atoms with van der Waals surface area (Å²) in [5, 5.41) is 13.6. The fraction of sp³-hybridized carbons (Fsp3) is 0.556. The van der Waals surface area contributed by atoms with E-state index >= 15 is 0 Å². The van der Waals surface area contributed by atoms with Crippen molar-refractivity contribution in [1.82, 2.24) is 9.78 Å². The summed E-state index contributed by atoms with van der Waals surface area (Å²) in [6.45, 7) is 1.59. The molecule has 1 saturated carbocycles. The molecular weight excluding hydrogens is 204 g/mol. The quantitative estimate of drug-likeness (QED) is 0.838. The van der Waals surface area contributed by atoms with Gasteiger partial charge in [0.05, 0.1) is 10.7 Å². The molecule has 0 aliphatic heterocycles. The molecule has 14 heavy (non-hydrogen) atoms. The third-order valence-electron chi connectivity index (χ3n) is 2.43. The van der Waals surface area contributed by atoms with Crippen molar-refractivity contribution in [3.63, 3.8) is 0 Å². The summed E-state index contributed by atoms with van der Waals surface area (Å²) in [4.78, 5) is 10.7. The maximum Gasteiger partial charge on any atom is 0.328 e. The van der Waals surface area contributed by atoms with Gasteiger partial charge in [-0.1, -0.05) is 11.6 Å². The first-order valence-corrected chi connectivity index (χ1v) is 4.94. The Bertz CT molecular complexity index is 371.